The number of fused-ring (bicyclic) bond motifs is 1. The fraction of sp³-hybridized carbons (Fsp3) is 0.176. The van der Waals surface area contributed by atoms with E-state index >= 15 is 0 Å². The smallest absolute Gasteiger partial charge is 0.277 e. The molecule has 0 saturated carbocycles. The predicted molar refractivity (Wildman–Crippen MR) is 92.7 cm³/mol. The van der Waals surface area contributed by atoms with Crippen LogP contribution in [0.3, 0.4) is 0 Å². The lowest BCUT2D eigenvalue weighted by atomic mass is 10.2. The third kappa shape index (κ3) is 3.77. The van der Waals surface area contributed by atoms with Crippen molar-refractivity contribution >= 4 is 17.7 Å². The second kappa shape index (κ2) is 7.44. The van der Waals surface area contributed by atoms with Gasteiger partial charge < -0.3 is 19.2 Å². The van der Waals surface area contributed by atoms with Gasteiger partial charge in [0, 0.05) is 24.5 Å². The van der Waals surface area contributed by atoms with Crippen molar-refractivity contribution in [3.8, 4) is 23.0 Å². The first-order valence-electron chi connectivity index (χ1n) is 7.80. The van der Waals surface area contributed by atoms with Gasteiger partial charge in [0.1, 0.15) is 0 Å². The summed E-state index contributed by atoms with van der Waals surface area (Å²) >= 11 is 1.19. The molecule has 0 saturated heterocycles. The van der Waals surface area contributed by atoms with Crippen molar-refractivity contribution < 1.29 is 18.7 Å². The normalized spacial score (nSPS) is 12.2. The summed E-state index contributed by atoms with van der Waals surface area (Å²) in [6, 6.07) is 9.13. The molecule has 1 aliphatic heterocycles. The highest BCUT2D eigenvalue weighted by molar-refractivity contribution is 7.99. The lowest BCUT2D eigenvalue weighted by Gasteiger charge is -2.05. The van der Waals surface area contributed by atoms with E-state index in [-0.39, 0.29) is 18.5 Å². The van der Waals surface area contributed by atoms with Gasteiger partial charge in [-0.1, -0.05) is 17.8 Å². The van der Waals surface area contributed by atoms with Crippen LogP contribution in [0.25, 0.3) is 11.5 Å². The van der Waals surface area contributed by atoms with Crippen LogP contribution in [0.2, 0.25) is 0 Å². The van der Waals surface area contributed by atoms with Crippen LogP contribution < -0.4 is 14.8 Å². The van der Waals surface area contributed by atoms with Gasteiger partial charge in [-0.3, -0.25) is 9.78 Å². The van der Waals surface area contributed by atoms with Gasteiger partial charge in [0.15, 0.2) is 11.5 Å². The van der Waals surface area contributed by atoms with Gasteiger partial charge >= 0.3 is 0 Å². The fourth-order valence-electron chi connectivity index (χ4n) is 2.31. The van der Waals surface area contributed by atoms with E-state index in [4.69, 9.17) is 13.9 Å². The summed E-state index contributed by atoms with van der Waals surface area (Å²) in [6.07, 6.45) is 3.30. The number of benzene rings is 1. The van der Waals surface area contributed by atoms with Crippen LogP contribution in [0.1, 0.15) is 5.56 Å². The number of aromatic nitrogens is 3. The van der Waals surface area contributed by atoms with Crippen LogP contribution in [-0.4, -0.2) is 33.6 Å². The molecule has 2 aromatic heterocycles. The summed E-state index contributed by atoms with van der Waals surface area (Å²) in [6.45, 7) is 0.635. The number of amides is 1. The fourth-order valence-corrected chi connectivity index (χ4v) is 2.90. The molecule has 1 amide bonds. The van der Waals surface area contributed by atoms with Gasteiger partial charge in [-0.05, 0) is 29.8 Å². The van der Waals surface area contributed by atoms with Crippen molar-refractivity contribution in [3.63, 3.8) is 0 Å². The molecule has 26 heavy (non-hydrogen) atoms. The molecule has 0 unspecified atom stereocenters. The van der Waals surface area contributed by atoms with E-state index in [0.717, 1.165) is 16.9 Å². The highest BCUT2D eigenvalue weighted by Gasteiger charge is 2.14. The first kappa shape index (κ1) is 16.4. The average molecular weight is 370 g/mol. The Kier molecular flexibility index (Phi) is 4.69. The molecule has 0 atom stereocenters. The number of hydrogen-bond acceptors (Lipinski definition) is 8. The third-order valence-electron chi connectivity index (χ3n) is 3.59. The standard InChI is InChI=1S/C17H14N4O4S/c22-15(19-8-11-1-2-13-14(7-11)24-10-23-13)9-26-17-21-20-16(25-17)12-3-5-18-6-4-12/h1-7H,8-10H2,(H,19,22). The number of pyridine rings is 1. The summed E-state index contributed by atoms with van der Waals surface area (Å²) in [7, 11) is 0. The van der Waals surface area contributed by atoms with Gasteiger partial charge in [0.2, 0.25) is 18.6 Å². The molecule has 0 spiro atoms. The van der Waals surface area contributed by atoms with Crippen LogP contribution in [0, 0.1) is 0 Å². The average Bonchev–Trinajstić information content (AvgIpc) is 3.34. The zero-order valence-electron chi connectivity index (χ0n) is 13.5. The number of nitrogens with zero attached hydrogens (tertiary/aromatic N) is 3. The molecule has 1 aromatic carbocycles. The third-order valence-corrected chi connectivity index (χ3v) is 4.41. The highest BCUT2D eigenvalue weighted by atomic mass is 32.2. The second-order valence-electron chi connectivity index (χ2n) is 5.36. The Morgan fingerprint density at radius 1 is 1.12 bits per heavy atom. The molecule has 3 aromatic rings. The van der Waals surface area contributed by atoms with Crippen molar-refractivity contribution in [2.75, 3.05) is 12.5 Å². The number of hydrogen-bond donors (Lipinski definition) is 1. The molecular formula is C17H14N4O4S. The number of thioether (sulfide) groups is 1. The van der Waals surface area contributed by atoms with Gasteiger partial charge in [-0.15, -0.1) is 10.2 Å². The molecule has 4 rings (SSSR count). The molecule has 132 valence electrons. The quantitative estimate of drug-likeness (QED) is 0.660. The van der Waals surface area contributed by atoms with E-state index in [2.05, 4.69) is 20.5 Å². The lowest BCUT2D eigenvalue weighted by molar-refractivity contribution is -0.118. The maximum absolute atomic E-state index is 12.0. The van der Waals surface area contributed by atoms with Crippen LogP contribution in [0.15, 0.2) is 52.4 Å². The predicted octanol–water partition coefficient (Wildman–Crippen LogP) is 2.27. The van der Waals surface area contributed by atoms with Crippen molar-refractivity contribution in [1.29, 1.82) is 0 Å². The molecule has 8 nitrogen and oxygen atoms in total. The van der Waals surface area contributed by atoms with Crippen LogP contribution in [0.5, 0.6) is 11.5 Å². The molecule has 3 heterocycles. The van der Waals surface area contributed by atoms with E-state index in [1.165, 1.54) is 11.8 Å². The summed E-state index contributed by atoms with van der Waals surface area (Å²) < 4.78 is 16.1. The molecule has 9 heteroatoms. The molecule has 0 radical (unpaired) electrons. The Balaban J connectivity index is 1.27. The van der Waals surface area contributed by atoms with Crippen LogP contribution in [0.4, 0.5) is 0 Å². The lowest BCUT2D eigenvalue weighted by Crippen LogP contribution is -2.24. The first-order valence-corrected chi connectivity index (χ1v) is 8.78. The van der Waals surface area contributed by atoms with Gasteiger partial charge in [0.25, 0.3) is 5.22 Å². The van der Waals surface area contributed by atoms with E-state index in [0.29, 0.717) is 23.4 Å². The minimum Gasteiger partial charge on any atom is -0.454 e. The van der Waals surface area contributed by atoms with Crippen LogP contribution >= 0.6 is 11.8 Å². The summed E-state index contributed by atoms with van der Waals surface area (Å²) in [5, 5.41) is 11.1. The van der Waals surface area contributed by atoms with E-state index in [9.17, 15) is 4.79 Å². The van der Waals surface area contributed by atoms with Crippen molar-refractivity contribution in [2.24, 2.45) is 0 Å². The number of carbonyl (C=O) groups excluding carboxylic acids is 1. The Morgan fingerprint density at radius 2 is 1.96 bits per heavy atom. The van der Waals surface area contributed by atoms with E-state index < -0.39 is 0 Å². The van der Waals surface area contributed by atoms with Gasteiger partial charge in [-0.2, -0.15) is 0 Å². The second-order valence-corrected chi connectivity index (χ2v) is 6.29. The summed E-state index contributed by atoms with van der Waals surface area (Å²) in [4.78, 5) is 16.0. The maximum atomic E-state index is 12.0. The number of ether oxygens (including phenoxy) is 2. The SMILES string of the molecule is O=C(CSc1nnc(-c2ccncc2)o1)NCc1ccc2c(c1)OCO2. The van der Waals surface area contributed by atoms with Crippen molar-refractivity contribution in [2.45, 2.75) is 11.8 Å². The minimum atomic E-state index is -0.128. The Hall–Kier alpha value is -3.07. The maximum Gasteiger partial charge on any atom is 0.277 e. The van der Waals surface area contributed by atoms with Gasteiger partial charge in [-0.25, -0.2) is 0 Å². The number of rotatable bonds is 6. The zero-order chi connectivity index (χ0) is 17.8. The number of carbonyl (C=O) groups is 1. The molecule has 0 bridgehead atoms. The molecule has 0 aliphatic carbocycles. The Bertz CT molecular complexity index is 916. The number of nitrogens with one attached hydrogen (secondary N) is 1. The first-order chi connectivity index (χ1) is 12.8. The van der Waals surface area contributed by atoms with Gasteiger partial charge in [0.05, 0.1) is 5.75 Å². The zero-order valence-corrected chi connectivity index (χ0v) is 14.4. The Morgan fingerprint density at radius 3 is 2.85 bits per heavy atom. The molecule has 1 N–H and O–H groups in total. The Labute approximate surface area is 152 Å². The summed E-state index contributed by atoms with van der Waals surface area (Å²) in [5.41, 5.74) is 1.72. The topological polar surface area (TPSA) is 99.4 Å². The largest absolute Gasteiger partial charge is 0.454 e. The molecule has 0 fully saturated rings. The summed E-state index contributed by atoms with van der Waals surface area (Å²) in [5.74, 6) is 1.87. The van der Waals surface area contributed by atoms with Crippen molar-refractivity contribution in [1.82, 2.24) is 20.5 Å². The molecule has 1 aliphatic rings. The van der Waals surface area contributed by atoms with Crippen LogP contribution in [-0.2, 0) is 11.3 Å². The molecular weight excluding hydrogens is 356 g/mol. The highest BCUT2D eigenvalue weighted by Crippen LogP contribution is 2.32. The van der Waals surface area contributed by atoms with Crippen molar-refractivity contribution in [3.05, 3.63) is 48.3 Å². The monoisotopic (exact) mass is 370 g/mol. The van der Waals surface area contributed by atoms with E-state index in [1.807, 2.05) is 18.2 Å². The minimum absolute atomic E-state index is 0.128. The van der Waals surface area contributed by atoms with E-state index in [1.54, 1.807) is 24.5 Å².